The number of aromatic amines is 1. The van der Waals surface area contributed by atoms with Crippen LogP contribution in [0.5, 0.6) is 5.88 Å². The number of rotatable bonds is 8. The molecule has 2 aliphatic heterocycles. The van der Waals surface area contributed by atoms with E-state index in [9.17, 15) is 4.79 Å². The average Bonchev–Trinajstić information content (AvgIpc) is 3.71. The molecule has 0 aliphatic carbocycles. The monoisotopic (exact) mass is 734 g/mol. The van der Waals surface area contributed by atoms with Crippen molar-refractivity contribution in [1.29, 1.82) is 0 Å². The summed E-state index contributed by atoms with van der Waals surface area (Å²) in [5.41, 5.74) is 1.45. The zero-order chi connectivity index (χ0) is 32.0. The topological polar surface area (TPSA) is 89.8 Å². The van der Waals surface area contributed by atoms with Gasteiger partial charge in [-0.25, -0.2) is 4.68 Å². The van der Waals surface area contributed by atoms with Gasteiger partial charge in [0.25, 0.3) is 5.56 Å². The van der Waals surface area contributed by atoms with Crippen LogP contribution in [0.15, 0.2) is 65.7 Å². The van der Waals surface area contributed by atoms with Crippen LogP contribution in [0.1, 0.15) is 7.43 Å². The van der Waals surface area contributed by atoms with E-state index in [-0.39, 0.29) is 13.0 Å². The third-order valence-electron chi connectivity index (χ3n) is 6.78. The first kappa shape index (κ1) is 38.2. The van der Waals surface area contributed by atoms with Gasteiger partial charge in [0.1, 0.15) is 6.61 Å². The van der Waals surface area contributed by atoms with Crippen molar-refractivity contribution >= 4 is 58.0 Å². The summed E-state index contributed by atoms with van der Waals surface area (Å²) in [6, 6.07) is 13.8. The molecule has 2 saturated heterocycles. The normalized spacial score (nSPS) is 15.2. The van der Waals surface area contributed by atoms with Crippen molar-refractivity contribution in [3.05, 3.63) is 91.4 Å². The molecule has 0 bridgehead atoms. The molecule has 4 aromatic rings. The van der Waals surface area contributed by atoms with Crippen LogP contribution in [0.3, 0.4) is 0 Å². The standard InChI is InChI=1S/C15H17Cl2N3O2.C9H6Cl2N2O.C6H12ClNO.CH4/c16-13-2-1-12(11-14(13)17)20-4-3-15(18-20)22-10-7-19-5-8-21-9-6-19;10-7-2-1-6(5-8(7)11)13-4-3-9(14)12-13;7-1-2-8-3-5-9-6-4-8;/h1-4,11H,5-10H2;1-5H,(H,12,14);1-6H2;1H4. The summed E-state index contributed by atoms with van der Waals surface area (Å²) in [5, 5.41) is 8.96. The summed E-state index contributed by atoms with van der Waals surface area (Å²) in [6.45, 7) is 9.85. The molecular weight excluding hydrogens is 698 g/mol. The Morgan fingerprint density at radius 2 is 1.30 bits per heavy atom. The van der Waals surface area contributed by atoms with Crippen LogP contribution in [0.25, 0.3) is 11.4 Å². The zero-order valence-electron chi connectivity index (χ0n) is 24.5. The molecule has 2 fully saturated rings. The van der Waals surface area contributed by atoms with E-state index in [0.717, 1.165) is 83.0 Å². The minimum absolute atomic E-state index is 0. The van der Waals surface area contributed by atoms with Crippen molar-refractivity contribution in [2.45, 2.75) is 7.43 Å². The summed E-state index contributed by atoms with van der Waals surface area (Å²) >= 11 is 29.1. The largest absolute Gasteiger partial charge is 0.475 e. The maximum Gasteiger partial charge on any atom is 0.264 e. The molecule has 2 aromatic carbocycles. The van der Waals surface area contributed by atoms with Crippen molar-refractivity contribution in [3.8, 4) is 17.3 Å². The third kappa shape index (κ3) is 12.4. The number of ether oxygens (including phenoxy) is 3. The van der Waals surface area contributed by atoms with E-state index in [1.54, 1.807) is 45.9 Å². The lowest BCUT2D eigenvalue weighted by Gasteiger charge is -2.26. The van der Waals surface area contributed by atoms with Gasteiger partial charge in [0.15, 0.2) is 0 Å². The number of nitrogens with one attached hydrogen (secondary N) is 1. The van der Waals surface area contributed by atoms with Crippen molar-refractivity contribution in [1.82, 2.24) is 29.4 Å². The predicted molar refractivity (Wildman–Crippen MR) is 187 cm³/mol. The highest BCUT2D eigenvalue weighted by Crippen LogP contribution is 2.25. The van der Waals surface area contributed by atoms with E-state index in [1.807, 2.05) is 18.3 Å². The van der Waals surface area contributed by atoms with Gasteiger partial charge in [-0.05, 0) is 36.4 Å². The number of nitrogens with zero attached hydrogens (tertiary/aromatic N) is 5. The summed E-state index contributed by atoms with van der Waals surface area (Å²) in [5.74, 6) is 1.33. The fourth-order valence-electron chi connectivity index (χ4n) is 4.32. The highest BCUT2D eigenvalue weighted by atomic mass is 35.5. The molecule has 2 aliphatic rings. The average molecular weight is 737 g/mol. The number of halogens is 5. The van der Waals surface area contributed by atoms with Gasteiger partial charge < -0.3 is 14.2 Å². The number of H-pyrrole nitrogens is 1. The molecule has 10 nitrogen and oxygen atoms in total. The molecule has 6 rings (SSSR count). The van der Waals surface area contributed by atoms with E-state index >= 15 is 0 Å². The van der Waals surface area contributed by atoms with Crippen molar-refractivity contribution in [2.24, 2.45) is 0 Å². The lowest BCUT2D eigenvalue weighted by atomic mass is 10.3. The van der Waals surface area contributed by atoms with Gasteiger partial charge in [-0.3, -0.25) is 24.4 Å². The van der Waals surface area contributed by atoms with E-state index in [0.29, 0.717) is 32.6 Å². The second-order valence-electron chi connectivity index (χ2n) is 9.90. The fourth-order valence-corrected chi connectivity index (χ4v) is 5.15. The molecule has 0 atom stereocenters. The Bertz CT molecular complexity index is 1520. The smallest absolute Gasteiger partial charge is 0.264 e. The summed E-state index contributed by atoms with van der Waals surface area (Å²) in [7, 11) is 0. The Labute approximate surface area is 294 Å². The number of hydrogen-bond donors (Lipinski definition) is 1. The van der Waals surface area contributed by atoms with Gasteiger partial charge in [0.05, 0.1) is 57.9 Å². The summed E-state index contributed by atoms with van der Waals surface area (Å²) in [4.78, 5) is 15.5. The zero-order valence-corrected chi connectivity index (χ0v) is 28.3. The number of aromatic nitrogens is 4. The van der Waals surface area contributed by atoms with Crippen LogP contribution in [-0.2, 0) is 9.47 Å². The minimum atomic E-state index is -0.156. The molecule has 0 radical (unpaired) electrons. The quantitative estimate of drug-likeness (QED) is 0.205. The van der Waals surface area contributed by atoms with Crippen LogP contribution < -0.4 is 10.3 Å². The highest BCUT2D eigenvalue weighted by Gasteiger charge is 2.11. The SMILES string of the molecule is C.ClCCN1CCOCC1.Clc1ccc(-n2ccc(OCCN3CCOCC3)n2)cc1Cl.O=c1ccn(-c2ccc(Cl)c(Cl)c2)[nH]1. The number of morpholine rings is 2. The Balaban J connectivity index is 0.000000205. The summed E-state index contributed by atoms with van der Waals surface area (Å²) in [6.07, 6.45) is 3.46. The van der Waals surface area contributed by atoms with E-state index in [2.05, 4.69) is 20.0 Å². The van der Waals surface area contributed by atoms with Gasteiger partial charge in [-0.15, -0.1) is 16.7 Å². The molecule has 15 heteroatoms. The van der Waals surface area contributed by atoms with Crippen molar-refractivity contribution in [3.63, 3.8) is 0 Å². The molecule has 2 aromatic heterocycles. The molecule has 252 valence electrons. The molecule has 0 unspecified atom stereocenters. The Morgan fingerprint density at radius 1 is 0.739 bits per heavy atom. The van der Waals surface area contributed by atoms with Gasteiger partial charge in [-0.2, -0.15) is 0 Å². The van der Waals surface area contributed by atoms with Crippen LogP contribution in [0.4, 0.5) is 0 Å². The maximum absolute atomic E-state index is 10.9. The summed E-state index contributed by atoms with van der Waals surface area (Å²) < 4.78 is 19.5. The minimum Gasteiger partial charge on any atom is -0.475 e. The Kier molecular flexibility index (Phi) is 16.8. The lowest BCUT2D eigenvalue weighted by Crippen LogP contribution is -2.38. The molecule has 0 spiro atoms. The third-order valence-corrected chi connectivity index (χ3v) is 8.43. The molecule has 0 saturated carbocycles. The Hall–Kier alpha value is -2.25. The molecule has 4 heterocycles. The van der Waals surface area contributed by atoms with E-state index < -0.39 is 0 Å². The van der Waals surface area contributed by atoms with Crippen LogP contribution in [0, 0.1) is 0 Å². The van der Waals surface area contributed by atoms with Crippen LogP contribution >= 0.6 is 58.0 Å². The number of alkyl halides is 1. The van der Waals surface area contributed by atoms with Crippen molar-refractivity contribution in [2.75, 3.05) is 78.2 Å². The van der Waals surface area contributed by atoms with Crippen LogP contribution in [0.2, 0.25) is 20.1 Å². The number of benzene rings is 2. The second kappa shape index (κ2) is 20.2. The van der Waals surface area contributed by atoms with E-state index in [1.165, 1.54) is 6.07 Å². The van der Waals surface area contributed by atoms with Gasteiger partial charge in [0.2, 0.25) is 5.88 Å². The predicted octanol–water partition coefficient (Wildman–Crippen LogP) is 6.56. The van der Waals surface area contributed by atoms with Crippen LogP contribution in [-0.4, -0.2) is 108 Å². The van der Waals surface area contributed by atoms with Crippen molar-refractivity contribution < 1.29 is 14.2 Å². The Morgan fingerprint density at radius 3 is 1.85 bits per heavy atom. The van der Waals surface area contributed by atoms with E-state index in [4.69, 9.17) is 72.2 Å². The first-order valence-electron chi connectivity index (χ1n) is 14.4. The second-order valence-corrected chi connectivity index (χ2v) is 11.9. The highest BCUT2D eigenvalue weighted by molar-refractivity contribution is 6.42. The maximum atomic E-state index is 10.9. The lowest BCUT2D eigenvalue weighted by molar-refractivity contribution is 0.0320. The van der Waals surface area contributed by atoms with Gasteiger partial charge >= 0.3 is 0 Å². The molecule has 46 heavy (non-hydrogen) atoms. The molecule has 0 amide bonds. The first-order valence-corrected chi connectivity index (χ1v) is 16.4. The van der Waals surface area contributed by atoms with Gasteiger partial charge in [-0.1, -0.05) is 53.8 Å². The van der Waals surface area contributed by atoms with Gasteiger partial charge in [0, 0.05) is 69.7 Å². The molecule has 1 N–H and O–H groups in total. The fraction of sp³-hybridized carbons (Fsp3) is 0.419. The molecular formula is C31H39Cl5N6O4. The number of hydrogen-bond acceptors (Lipinski definition) is 7. The first-order chi connectivity index (χ1) is 21.8.